The lowest BCUT2D eigenvalue weighted by molar-refractivity contribution is -0.120. The second-order valence-corrected chi connectivity index (χ2v) is 6.85. The van der Waals surface area contributed by atoms with Crippen LogP contribution in [0.2, 0.25) is 0 Å². The van der Waals surface area contributed by atoms with Crippen LogP contribution in [0.5, 0.6) is 0 Å². The number of amides is 1. The fourth-order valence-corrected chi connectivity index (χ4v) is 3.56. The smallest absolute Gasteiger partial charge is 0.224 e. The Morgan fingerprint density at radius 2 is 1.62 bits per heavy atom. The molecule has 0 bridgehead atoms. The van der Waals surface area contributed by atoms with Crippen molar-refractivity contribution in [3.05, 3.63) is 78.4 Å². The van der Waals surface area contributed by atoms with Gasteiger partial charge in [-0.25, -0.2) is 0 Å². The Morgan fingerprint density at radius 3 is 2.50 bits per heavy atom. The zero-order valence-corrected chi connectivity index (χ0v) is 14.4. The molecule has 0 saturated carbocycles. The van der Waals surface area contributed by atoms with Crippen molar-refractivity contribution in [1.82, 2.24) is 5.32 Å². The average Bonchev–Trinajstić information content (AvgIpc) is 2.63. The molecule has 3 heteroatoms. The Hall–Kier alpha value is -2.26. The van der Waals surface area contributed by atoms with Crippen molar-refractivity contribution in [3.63, 3.8) is 0 Å². The minimum Gasteiger partial charge on any atom is -0.356 e. The molecular formula is C21H21NOS. The van der Waals surface area contributed by atoms with E-state index < -0.39 is 0 Å². The van der Waals surface area contributed by atoms with Crippen LogP contribution in [0.3, 0.4) is 0 Å². The number of rotatable bonds is 7. The number of hydrogen-bond acceptors (Lipinski definition) is 2. The summed E-state index contributed by atoms with van der Waals surface area (Å²) in [7, 11) is 0. The van der Waals surface area contributed by atoms with Crippen LogP contribution in [0.4, 0.5) is 0 Å². The molecule has 122 valence electrons. The van der Waals surface area contributed by atoms with Gasteiger partial charge in [0.2, 0.25) is 5.91 Å². The summed E-state index contributed by atoms with van der Waals surface area (Å²) >= 11 is 1.83. The number of carbonyl (C=O) groups is 1. The van der Waals surface area contributed by atoms with Crippen molar-refractivity contribution >= 4 is 28.4 Å². The van der Waals surface area contributed by atoms with Crippen LogP contribution in [0.1, 0.15) is 12.0 Å². The first kappa shape index (κ1) is 16.6. The highest BCUT2D eigenvalue weighted by molar-refractivity contribution is 7.99. The monoisotopic (exact) mass is 335 g/mol. The van der Waals surface area contributed by atoms with Gasteiger partial charge in [0.15, 0.2) is 0 Å². The molecule has 24 heavy (non-hydrogen) atoms. The maximum Gasteiger partial charge on any atom is 0.224 e. The molecule has 3 aromatic carbocycles. The Balaban J connectivity index is 1.44. The zero-order chi connectivity index (χ0) is 16.6. The molecule has 0 spiro atoms. The predicted molar refractivity (Wildman–Crippen MR) is 102 cm³/mol. The Labute approximate surface area is 147 Å². The number of benzene rings is 3. The second kappa shape index (κ2) is 8.55. The Kier molecular flexibility index (Phi) is 5.91. The molecule has 0 radical (unpaired) electrons. The van der Waals surface area contributed by atoms with Gasteiger partial charge in [0.25, 0.3) is 0 Å². The van der Waals surface area contributed by atoms with Gasteiger partial charge in [-0.2, -0.15) is 0 Å². The van der Waals surface area contributed by atoms with Gasteiger partial charge in [-0.3, -0.25) is 4.79 Å². The van der Waals surface area contributed by atoms with E-state index in [1.165, 1.54) is 10.3 Å². The second-order valence-electron chi connectivity index (χ2n) is 5.68. The van der Waals surface area contributed by atoms with Gasteiger partial charge < -0.3 is 5.32 Å². The normalized spacial score (nSPS) is 10.7. The summed E-state index contributed by atoms with van der Waals surface area (Å²) in [6, 6.07) is 24.7. The van der Waals surface area contributed by atoms with Crippen LogP contribution < -0.4 is 5.32 Å². The van der Waals surface area contributed by atoms with Crippen molar-refractivity contribution in [3.8, 4) is 0 Å². The molecule has 3 aromatic rings. The van der Waals surface area contributed by atoms with Crippen molar-refractivity contribution in [2.75, 3.05) is 12.3 Å². The molecule has 0 heterocycles. The van der Waals surface area contributed by atoms with Gasteiger partial charge in [0.1, 0.15) is 0 Å². The van der Waals surface area contributed by atoms with Crippen LogP contribution in [0.25, 0.3) is 10.8 Å². The molecule has 0 aliphatic rings. The summed E-state index contributed by atoms with van der Waals surface area (Å²) in [5.74, 6) is 1.11. The van der Waals surface area contributed by atoms with Gasteiger partial charge in [0, 0.05) is 11.4 Å². The fraction of sp³-hybridized carbons (Fsp3) is 0.190. The van der Waals surface area contributed by atoms with E-state index in [-0.39, 0.29) is 5.91 Å². The highest BCUT2D eigenvalue weighted by atomic mass is 32.2. The van der Waals surface area contributed by atoms with Gasteiger partial charge in [0.05, 0.1) is 6.42 Å². The topological polar surface area (TPSA) is 29.1 Å². The number of thioether (sulfide) groups is 1. The third-order valence-corrected chi connectivity index (χ3v) is 4.98. The van der Waals surface area contributed by atoms with Gasteiger partial charge in [-0.1, -0.05) is 60.7 Å². The van der Waals surface area contributed by atoms with Crippen molar-refractivity contribution in [2.24, 2.45) is 0 Å². The minimum atomic E-state index is 0.0936. The standard InChI is InChI=1S/C21H21NOS/c23-21(22-14-7-15-24-19-11-2-1-3-12-19)16-18-10-6-9-17-8-4-5-13-20(17)18/h1-6,8-13H,7,14-16H2,(H,22,23). The lowest BCUT2D eigenvalue weighted by atomic mass is 10.0. The van der Waals surface area contributed by atoms with E-state index in [0.29, 0.717) is 6.42 Å². The first-order valence-electron chi connectivity index (χ1n) is 8.24. The maximum atomic E-state index is 12.2. The third kappa shape index (κ3) is 4.62. The SMILES string of the molecule is O=C(Cc1cccc2ccccc12)NCCCSc1ccccc1. The quantitative estimate of drug-likeness (QED) is 0.502. The molecule has 0 aliphatic heterocycles. The molecule has 0 fully saturated rings. The summed E-state index contributed by atoms with van der Waals surface area (Å²) in [5, 5.41) is 5.37. The molecule has 0 aromatic heterocycles. The molecule has 0 saturated heterocycles. The minimum absolute atomic E-state index is 0.0936. The Bertz CT molecular complexity index is 796. The van der Waals surface area contributed by atoms with Crippen LogP contribution in [-0.2, 0) is 11.2 Å². The predicted octanol–water partition coefficient (Wildman–Crippen LogP) is 4.68. The van der Waals surface area contributed by atoms with Gasteiger partial charge in [-0.05, 0) is 40.6 Å². The number of hydrogen-bond donors (Lipinski definition) is 1. The molecule has 3 rings (SSSR count). The van der Waals surface area contributed by atoms with E-state index in [2.05, 4.69) is 35.6 Å². The van der Waals surface area contributed by atoms with Crippen molar-refractivity contribution in [2.45, 2.75) is 17.7 Å². The largest absolute Gasteiger partial charge is 0.356 e. The number of nitrogens with one attached hydrogen (secondary N) is 1. The van der Waals surface area contributed by atoms with E-state index in [4.69, 9.17) is 0 Å². The van der Waals surface area contributed by atoms with Crippen LogP contribution in [0, 0.1) is 0 Å². The zero-order valence-electron chi connectivity index (χ0n) is 13.6. The average molecular weight is 335 g/mol. The van der Waals surface area contributed by atoms with Crippen molar-refractivity contribution < 1.29 is 4.79 Å². The highest BCUT2D eigenvalue weighted by Crippen LogP contribution is 2.19. The Morgan fingerprint density at radius 1 is 0.875 bits per heavy atom. The van der Waals surface area contributed by atoms with Gasteiger partial charge in [-0.15, -0.1) is 11.8 Å². The van der Waals surface area contributed by atoms with Crippen LogP contribution in [-0.4, -0.2) is 18.2 Å². The number of fused-ring (bicyclic) bond motifs is 1. The van der Waals surface area contributed by atoms with E-state index in [9.17, 15) is 4.79 Å². The summed E-state index contributed by atoms with van der Waals surface area (Å²) in [5.41, 5.74) is 1.09. The first-order valence-corrected chi connectivity index (χ1v) is 9.23. The third-order valence-electron chi connectivity index (χ3n) is 3.89. The molecule has 2 nitrogen and oxygen atoms in total. The van der Waals surface area contributed by atoms with Crippen LogP contribution in [0.15, 0.2) is 77.7 Å². The van der Waals surface area contributed by atoms with E-state index in [1.807, 2.05) is 54.2 Å². The van der Waals surface area contributed by atoms with E-state index >= 15 is 0 Å². The maximum absolute atomic E-state index is 12.2. The lowest BCUT2D eigenvalue weighted by Gasteiger charge is -2.08. The summed E-state index contributed by atoms with van der Waals surface area (Å²) in [6.07, 6.45) is 1.41. The summed E-state index contributed by atoms with van der Waals surface area (Å²) in [4.78, 5) is 13.4. The first-order chi connectivity index (χ1) is 11.8. The lowest BCUT2D eigenvalue weighted by Crippen LogP contribution is -2.26. The van der Waals surface area contributed by atoms with E-state index in [0.717, 1.165) is 29.7 Å². The molecule has 0 aliphatic carbocycles. The number of carbonyl (C=O) groups excluding carboxylic acids is 1. The molecule has 1 N–H and O–H groups in total. The molecule has 0 unspecified atom stereocenters. The van der Waals surface area contributed by atoms with Crippen molar-refractivity contribution in [1.29, 1.82) is 0 Å². The molecule has 0 atom stereocenters. The fourth-order valence-electron chi connectivity index (χ4n) is 2.69. The van der Waals surface area contributed by atoms with Crippen LogP contribution >= 0.6 is 11.8 Å². The summed E-state index contributed by atoms with van der Waals surface area (Å²) in [6.45, 7) is 0.726. The molecule has 1 amide bonds. The highest BCUT2D eigenvalue weighted by Gasteiger charge is 2.06. The summed E-state index contributed by atoms with van der Waals surface area (Å²) < 4.78 is 0. The molecular weight excluding hydrogens is 314 g/mol. The van der Waals surface area contributed by atoms with Gasteiger partial charge >= 0.3 is 0 Å². The van der Waals surface area contributed by atoms with E-state index in [1.54, 1.807) is 0 Å².